The van der Waals surface area contributed by atoms with Crippen LogP contribution >= 0.6 is 0 Å². The van der Waals surface area contributed by atoms with Gasteiger partial charge in [-0.25, -0.2) is 9.97 Å². The van der Waals surface area contributed by atoms with E-state index in [2.05, 4.69) is 37.5 Å². The Kier molecular flexibility index (Phi) is 5.81. The summed E-state index contributed by atoms with van der Waals surface area (Å²) in [5.74, 6) is 0.636. The molecule has 11 nitrogen and oxygen atoms in total. The number of rotatable bonds is 4. The lowest BCUT2D eigenvalue weighted by molar-refractivity contribution is -0.129. The normalized spacial score (nSPS) is 16.0. The number of benzene rings is 1. The zero-order valence-corrected chi connectivity index (χ0v) is 17.2. The van der Waals surface area contributed by atoms with E-state index >= 15 is 0 Å². The summed E-state index contributed by atoms with van der Waals surface area (Å²) >= 11 is 0. The summed E-state index contributed by atoms with van der Waals surface area (Å²) in [7, 11) is 1.65. The molecule has 0 spiro atoms. The summed E-state index contributed by atoms with van der Waals surface area (Å²) in [6.07, 6.45) is 6.14. The van der Waals surface area contributed by atoms with Crippen molar-refractivity contribution in [3.8, 4) is 12.1 Å². The monoisotopic (exact) mass is 426 g/mol. The van der Waals surface area contributed by atoms with Gasteiger partial charge in [0, 0.05) is 38.1 Å². The fourth-order valence-electron chi connectivity index (χ4n) is 3.51. The molecule has 2 aromatic heterocycles. The number of carbonyl (C=O) groups is 1. The van der Waals surface area contributed by atoms with E-state index in [0.717, 1.165) is 5.56 Å². The van der Waals surface area contributed by atoms with E-state index in [9.17, 15) is 10.1 Å². The predicted octanol–water partition coefficient (Wildman–Crippen LogP) is 0.847. The molecule has 32 heavy (non-hydrogen) atoms. The van der Waals surface area contributed by atoms with Crippen molar-refractivity contribution >= 4 is 17.8 Å². The summed E-state index contributed by atoms with van der Waals surface area (Å²) in [5, 5.41) is 30.7. The third kappa shape index (κ3) is 4.27. The van der Waals surface area contributed by atoms with Crippen LogP contribution < -0.4 is 4.90 Å². The molecule has 1 aliphatic rings. The molecule has 0 radical (unpaired) electrons. The van der Waals surface area contributed by atoms with Crippen LogP contribution in [-0.4, -0.2) is 60.6 Å². The van der Waals surface area contributed by atoms with E-state index in [0.29, 0.717) is 36.8 Å². The smallest absolute Gasteiger partial charge is 0.247 e. The molecule has 1 aliphatic heterocycles. The molecule has 0 N–H and O–H groups in total. The lowest BCUT2D eigenvalue weighted by Crippen LogP contribution is -2.51. The Labute approximate surface area is 183 Å². The highest BCUT2D eigenvalue weighted by atomic mass is 16.2. The Bertz CT molecular complexity index is 1250. The molecule has 11 heteroatoms. The molecule has 0 saturated carbocycles. The van der Waals surface area contributed by atoms with Crippen molar-refractivity contribution in [3.63, 3.8) is 0 Å². The Balaban J connectivity index is 1.60. The Morgan fingerprint density at radius 2 is 2.03 bits per heavy atom. The van der Waals surface area contributed by atoms with Crippen LogP contribution in [0.25, 0.3) is 6.08 Å². The highest BCUT2D eigenvalue weighted by Crippen LogP contribution is 2.27. The summed E-state index contributed by atoms with van der Waals surface area (Å²) in [6, 6.07) is 10.6. The van der Waals surface area contributed by atoms with E-state index in [-0.39, 0.29) is 11.6 Å². The number of amides is 1. The average molecular weight is 426 g/mol. The minimum Gasteiger partial charge on any atom is -0.350 e. The second-order valence-corrected chi connectivity index (χ2v) is 7.04. The molecule has 1 fully saturated rings. The highest BCUT2D eigenvalue weighted by molar-refractivity contribution is 5.92. The van der Waals surface area contributed by atoms with Crippen LogP contribution in [0.15, 0.2) is 42.7 Å². The average Bonchev–Trinajstić information content (AvgIpc) is 3.28. The zero-order valence-electron chi connectivity index (χ0n) is 17.2. The van der Waals surface area contributed by atoms with Gasteiger partial charge >= 0.3 is 0 Å². The number of hydrogen-bond acceptors (Lipinski definition) is 9. The molecule has 3 heterocycles. The number of aryl methyl sites for hydroxylation is 1. The number of carbonyl (C=O) groups excluding carboxylic acids is 1. The van der Waals surface area contributed by atoms with Crippen molar-refractivity contribution in [1.82, 2.24) is 35.1 Å². The highest BCUT2D eigenvalue weighted by Gasteiger charge is 2.35. The zero-order chi connectivity index (χ0) is 22.5. The molecule has 1 amide bonds. The van der Waals surface area contributed by atoms with Gasteiger partial charge in [0.2, 0.25) is 5.91 Å². The summed E-state index contributed by atoms with van der Waals surface area (Å²) in [6.45, 7) is 1.17. The molecule has 0 aliphatic carbocycles. The predicted molar refractivity (Wildman–Crippen MR) is 112 cm³/mol. The number of hydrogen-bond donors (Lipinski definition) is 0. The summed E-state index contributed by atoms with van der Waals surface area (Å²) in [4.78, 5) is 26.4. The Morgan fingerprint density at radius 3 is 2.78 bits per heavy atom. The molecule has 1 saturated heterocycles. The number of aromatic nitrogens is 6. The van der Waals surface area contributed by atoms with Gasteiger partial charge in [-0.05, 0) is 29.0 Å². The van der Waals surface area contributed by atoms with Crippen LogP contribution in [0.2, 0.25) is 0 Å². The molecule has 4 rings (SSSR count). The third-order valence-electron chi connectivity index (χ3n) is 5.00. The molecule has 3 aromatic rings. The first-order valence-corrected chi connectivity index (χ1v) is 9.78. The molecule has 1 aromatic carbocycles. The maximum Gasteiger partial charge on any atom is 0.247 e. The molecule has 1 unspecified atom stereocenters. The van der Waals surface area contributed by atoms with Crippen molar-refractivity contribution < 1.29 is 4.79 Å². The topological polar surface area (TPSA) is 141 Å². The quantitative estimate of drug-likeness (QED) is 0.555. The number of nitrogens with zero attached hydrogens (tertiary/aromatic N) is 10. The van der Waals surface area contributed by atoms with Gasteiger partial charge in [0.1, 0.15) is 12.1 Å². The first-order chi connectivity index (χ1) is 15.6. The van der Waals surface area contributed by atoms with Crippen molar-refractivity contribution in [2.45, 2.75) is 6.04 Å². The van der Waals surface area contributed by atoms with Crippen LogP contribution in [0.3, 0.4) is 0 Å². The minimum absolute atomic E-state index is 0.218. The minimum atomic E-state index is -0.492. The maximum absolute atomic E-state index is 13.1. The fourth-order valence-corrected chi connectivity index (χ4v) is 3.51. The first-order valence-electron chi connectivity index (χ1n) is 9.78. The van der Waals surface area contributed by atoms with Gasteiger partial charge in [0.05, 0.1) is 18.7 Å². The van der Waals surface area contributed by atoms with Gasteiger partial charge in [0.15, 0.2) is 17.3 Å². The lowest BCUT2D eigenvalue weighted by Gasteiger charge is -2.40. The van der Waals surface area contributed by atoms with E-state index in [1.165, 1.54) is 23.3 Å². The maximum atomic E-state index is 13.1. The molecule has 158 valence electrons. The lowest BCUT2D eigenvalue weighted by atomic mass is 10.1. The van der Waals surface area contributed by atoms with Crippen molar-refractivity contribution in [2.75, 3.05) is 24.5 Å². The second-order valence-electron chi connectivity index (χ2n) is 7.04. The van der Waals surface area contributed by atoms with Gasteiger partial charge in [-0.15, -0.1) is 10.2 Å². The van der Waals surface area contributed by atoms with Crippen molar-refractivity contribution in [1.29, 1.82) is 10.5 Å². The number of tetrazole rings is 1. The Hall–Kier alpha value is -4.64. The number of anilines is 1. The molecule has 1 atom stereocenters. The van der Waals surface area contributed by atoms with Gasteiger partial charge in [0.25, 0.3) is 0 Å². The van der Waals surface area contributed by atoms with Crippen LogP contribution in [0.4, 0.5) is 5.82 Å². The van der Waals surface area contributed by atoms with Gasteiger partial charge in [-0.1, -0.05) is 12.1 Å². The molecule has 0 bridgehead atoms. The largest absolute Gasteiger partial charge is 0.350 e. The van der Waals surface area contributed by atoms with E-state index in [1.54, 1.807) is 36.2 Å². The summed E-state index contributed by atoms with van der Waals surface area (Å²) in [5.41, 5.74) is 1.49. The van der Waals surface area contributed by atoms with Crippen molar-refractivity contribution in [3.05, 3.63) is 65.4 Å². The van der Waals surface area contributed by atoms with Crippen LogP contribution in [-0.2, 0) is 11.8 Å². The fraction of sp³-hybridized carbons (Fsp3) is 0.238. The SMILES string of the molecule is Cn1nnc(C2CN(c3nccnc3C#N)CCN2C(=O)C=Cc2cccc(C#N)c2)n1. The van der Waals surface area contributed by atoms with Gasteiger partial charge in [-0.3, -0.25) is 4.79 Å². The summed E-state index contributed by atoms with van der Waals surface area (Å²) < 4.78 is 0. The van der Waals surface area contributed by atoms with Crippen LogP contribution in [0, 0.1) is 22.7 Å². The molecular weight excluding hydrogens is 408 g/mol. The number of piperazine rings is 1. The van der Waals surface area contributed by atoms with Crippen LogP contribution in [0.5, 0.6) is 0 Å². The van der Waals surface area contributed by atoms with Gasteiger partial charge < -0.3 is 9.80 Å². The van der Waals surface area contributed by atoms with Gasteiger partial charge in [-0.2, -0.15) is 15.3 Å². The molecular formula is C21H18N10O. The second kappa shape index (κ2) is 9.02. The van der Waals surface area contributed by atoms with E-state index in [1.807, 2.05) is 11.0 Å². The number of nitriles is 2. The first kappa shape index (κ1) is 20.6. The van der Waals surface area contributed by atoms with E-state index in [4.69, 9.17) is 5.26 Å². The third-order valence-corrected chi connectivity index (χ3v) is 5.00. The van der Waals surface area contributed by atoms with E-state index < -0.39 is 6.04 Å². The standard InChI is InChI=1S/C21H18N10O/c1-29-27-20(26-28-29)18-14-30(21-17(13-23)24-7-8-25-21)9-10-31(18)19(32)6-5-15-3-2-4-16(11-15)12-22/h2-8,11,18H,9-10,14H2,1H3. The Morgan fingerprint density at radius 1 is 1.19 bits per heavy atom. The van der Waals surface area contributed by atoms with Crippen LogP contribution in [0.1, 0.15) is 28.7 Å². The van der Waals surface area contributed by atoms with Crippen molar-refractivity contribution in [2.24, 2.45) is 7.05 Å².